The number of morpholine rings is 1. The second kappa shape index (κ2) is 10.7. The fourth-order valence-electron chi connectivity index (χ4n) is 4.34. The molecule has 35 heavy (non-hydrogen) atoms. The van der Waals surface area contributed by atoms with Gasteiger partial charge in [0.1, 0.15) is 5.75 Å². The van der Waals surface area contributed by atoms with Crippen LogP contribution in [0.15, 0.2) is 48.5 Å². The Morgan fingerprint density at radius 3 is 2.03 bits per heavy atom. The first-order valence-corrected chi connectivity index (χ1v) is 11.5. The molecule has 4 rings (SSSR count). The number of carbonyl (C=O) groups excluding carboxylic acids is 2. The Kier molecular flexibility index (Phi) is 7.61. The van der Waals surface area contributed by atoms with Gasteiger partial charge < -0.3 is 19.3 Å². The summed E-state index contributed by atoms with van der Waals surface area (Å²) in [5, 5.41) is 0. The van der Waals surface area contributed by atoms with Crippen molar-refractivity contribution >= 4 is 11.8 Å². The van der Waals surface area contributed by atoms with Crippen molar-refractivity contribution in [1.82, 2.24) is 14.7 Å². The van der Waals surface area contributed by atoms with Gasteiger partial charge in [-0.3, -0.25) is 14.5 Å². The van der Waals surface area contributed by atoms with E-state index < -0.39 is 11.7 Å². The summed E-state index contributed by atoms with van der Waals surface area (Å²) in [6, 6.07) is 11.3. The van der Waals surface area contributed by atoms with Gasteiger partial charge in [-0.15, -0.1) is 0 Å². The molecule has 2 heterocycles. The first-order valence-electron chi connectivity index (χ1n) is 11.5. The third-order valence-corrected chi connectivity index (χ3v) is 6.34. The van der Waals surface area contributed by atoms with Crippen LogP contribution in [0, 0.1) is 0 Å². The topological polar surface area (TPSA) is 62.3 Å². The maximum Gasteiger partial charge on any atom is 0.416 e. The zero-order valence-electron chi connectivity index (χ0n) is 19.5. The number of halogens is 3. The molecule has 2 aromatic carbocycles. The Labute approximate surface area is 202 Å². The molecule has 188 valence electrons. The fraction of sp³-hybridized carbons (Fsp3) is 0.440. The average Bonchev–Trinajstić information content (AvgIpc) is 2.88. The molecule has 2 amide bonds. The van der Waals surface area contributed by atoms with E-state index in [0.29, 0.717) is 63.7 Å². The summed E-state index contributed by atoms with van der Waals surface area (Å²) in [5.74, 6) is 0.369. The standard InChI is InChI=1S/C25H28F3N3O4/c1-34-21-8-4-19(5-9-21)24(33)31-14-15-35-22(17-31)16-29-10-12-30(13-11-29)23(32)18-2-6-20(7-3-18)25(26,27)28/h2-9,22H,10-17H2,1H3. The summed E-state index contributed by atoms with van der Waals surface area (Å²) < 4.78 is 49.3. The number of nitrogens with zero attached hydrogens (tertiary/aromatic N) is 3. The minimum absolute atomic E-state index is 0.0482. The van der Waals surface area contributed by atoms with Gasteiger partial charge in [-0.1, -0.05) is 0 Å². The predicted molar refractivity (Wildman–Crippen MR) is 122 cm³/mol. The third-order valence-electron chi connectivity index (χ3n) is 6.34. The maximum atomic E-state index is 12.9. The zero-order valence-corrected chi connectivity index (χ0v) is 19.5. The van der Waals surface area contributed by atoms with Gasteiger partial charge in [0.25, 0.3) is 11.8 Å². The van der Waals surface area contributed by atoms with Gasteiger partial charge in [0.2, 0.25) is 0 Å². The Morgan fingerprint density at radius 1 is 0.886 bits per heavy atom. The first kappa shape index (κ1) is 25.0. The summed E-state index contributed by atoms with van der Waals surface area (Å²) in [6.45, 7) is 4.29. The number of alkyl halides is 3. The quantitative estimate of drug-likeness (QED) is 0.644. The van der Waals surface area contributed by atoms with Gasteiger partial charge in [-0.2, -0.15) is 13.2 Å². The molecule has 1 unspecified atom stereocenters. The number of amides is 2. The molecule has 0 aromatic heterocycles. The van der Waals surface area contributed by atoms with Gasteiger partial charge in [-0.05, 0) is 48.5 Å². The predicted octanol–water partition coefficient (Wildman–Crippen LogP) is 3.01. The Hall–Kier alpha value is -3.11. The van der Waals surface area contributed by atoms with Crippen LogP contribution in [-0.4, -0.2) is 92.1 Å². The Balaban J connectivity index is 1.26. The monoisotopic (exact) mass is 491 g/mol. The lowest BCUT2D eigenvalue weighted by atomic mass is 10.1. The highest BCUT2D eigenvalue weighted by Gasteiger charge is 2.31. The van der Waals surface area contributed by atoms with Crippen LogP contribution < -0.4 is 4.74 Å². The van der Waals surface area contributed by atoms with Crippen LogP contribution >= 0.6 is 0 Å². The molecule has 10 heteroatoms. The molecule has 2 aliphatic rings. The van der Waals surface area contributed by atoms with E-state index in [0.717, 1.165) is 12.1 Å². The number of benzene rings is 2. The summed E-state index contributed by atoms with van der Waals surface area (Å²) in [6.07, 6.45) is -4.56. The van der Waals surface area contributed by atoms with Crippen molar-refractivity contribution in [2.24, 2.45) is 0 Å². The summed E-state index contributed by atoms with van der Waals surface area (Å²) in [5.41, 5.74) is 0.0717. The minimum Gasteiger partial charge on any atom is -0.497 e. The number of methoxy groups -OCH3 is 1. The molecule has 2 aliphatic heterocycles. The van der Waals surface area contributed by atoms with E-state index in [2.05, 4.69) is 4.90 Å². The third kappa shape index (κ3) is 6.12. The zero-order chi connectivity index (χ0) is 25.0. The molecule has 0 aliphatic carbocycles. The molecule has 0 radical (unpaired) electrons. The van der Waals surface area contributed by atoms with E-state index in [4.69, 9.17) is 9.47 Å². The highest BCUT2D eigenvalue weighted by molar-refractivity contribution is 5.95. The van der Waals surface area contributed by atoms with Gasteiger partial charge in [-0.25, -0.2) is 0 Å². The molecule has 2 saturated heterocycles. The number of piperazine rings is 1. The van der Waals surface area contributed by atoms with E-state index in [9.17, 15) is 22.8 Å². The van der Waals surface area contributed by atoms with Crippen LogP contribution in [0.25, 0.3) is 0 Å². The van der Waals surface area contributed by atoms with E-state index in [1.807, 2.05) is 0 Å². The van der Waals surface area contributed by atoms with Gasteiger partial charge in [0.15, 0.2) is 0 Å². The van der Waals surface area contributed by atoms with Crippen molar-refractivity contribution in [3.63, 3.8) is 0 Å². The van der Waals surface area contributed by atoms with Crippen molar-refractivity contribution in [2.75, 3.05) is 59.5 Å². The molecular formula is C25H28F3N3O4. The lowest BCUT2D eigenvalue weighted by molar-refractivity contribution is -0.137. The molecule has 0 N–H and O–H groups in total. The second-order valence-electron chi connectivity index (χ2n) is 8.64. The Bertz CT molecular complexity index is 1020. The van der Waals surface area contributed by atoms with Crippen molar-refractivity contribution < 1.29 is 32.2 Å². The molecule has 7 nitrogen and oxygen atoms in total. The van der Waals surface area contributed by atoms with E-state index >= 15 is 0 Å². The second-order valence-corrected chi connectivity index (χ2v) is 8.64. The minimum atomic E-state index is -4.43. The highest BCUT2D eigenvalue weighted by atomic mass is 19.4. The van der Waals surface area contributed by atoms with Gasteiger partial charge in [0, 0.05) is 56.9 Å². The lowest BCUT2D eigenvalue weighted by Crippen LogP contribution is -2.54. The van der Waals surface area contributed by atoms with Crippen molar-refractivity contribution in [3.8, 4) is 5.75 Å². The van der Waals surface area contributed by atoms with Crippen molar-refractivity contribution in [2.45, 2.75) is 12.3 Å². The number of hydrogen-bond donors (Lipinski definition) is 0. The largest absolute Gasteiger partial charge is 0.497 e. The molecule has 0 saturated carbocycles. The van der Waals surface area contributed by atoms with Crippen molar-refractivity contribution in [1.29, 1.82) is 0 Å². The average molecular weight is 492 g/mol. The summed E-state index contributed by atoms with van der Waals surface area (Å²) in [4.78, 5) is 31.2. The van der Waals surface area contributed by atoms with Crippen molar-refractivity contribution in [3.05, 3.63) is 65.2 Å². The number of carbonyl (C=O) groups is 2. The molecule has 0 spiro atoms. The SMILES string of the molecule is COc1ccc(C(=O)N2CCOC(CN3CCN(C(=O)c4ccc(C(F)(F)F)cc4)CC3)C2)cc1. The normalized spacial score (nSPS) is 19.5. The fourth-order valence-corrected chi connectivity index (χ4v) is 4.34. The van der Waals surface area contributed by atoms with Crippen LogP contribution in [0.3, 0.4) is 0 Å². The Morgan fingerprint density at radius 2 is 1.46 bits per heavy atom. The molecule has 2 fully saturated rings. The summed E-state index contributed by atoms with van der Waals surface area (Å²) >= 11 is 0. The lowest BCUT2D eigenvalue weighted by Gasteiger charge is -2.39. The number of hydrogen-bond acceptors (Lipinski definition) is 5. The van der Waals surface area contributed by atoms with Gasteiger partial charge >= 0.3 is 6.18 Å². The molecule has 0 bridgehead atoms. The maximum absolute atomic E-state index is 12.9. The first-order chi connectivity index (χ1) is 16.7. The smallest absolute Gasteiger partial charge is 0.416 e. The van der Waals surface area contributed by atoms with Crippen LogP contribution in [0.4, 0.5) is 13.2 Å². The summed E-state index contributed by atoms with van der Waals surface area (Å²) in [7, 11) is 1.58. The van der Waals surface area contributed by atoms with E-state index in [1.54, 1.807) is 41.2 Å². The molecule has 1 atom stereocenters. The van der Waals surface area contributed by atoms with Crippen LogP contribution in [0.2, 0.25) is 0 Å². The molecular weight excluding hydrogens is 463 g/mol. The molecule has 2 aromatic rings. The van der Waals surface area contributed by atoms with E-state index in [1.165, 1.54) is 12.1 Å². The number of rotatable bonds is 5. The highest BCUT2D eigenvalue weighted by Crippen LogP contribution is 2.29. The van der Waals surface area contributed by atoms with Gasteiger partial charge in [0.05, 0.1) is 25.4 Å². The van der Waals surface area contributed by atoms with Crippen LogP contribution in [-0.2, 0) is 10.9 Å². The van der Waals surface area contributed by atoms with E-state index in [-0.39, 0.29) is 23.5 Å². The number of ether oxygens (including phenoxy) is 2. The van der Waals surface area contributed by atoms with Crippen LogP contribution in [0.1, 0.15) is 26.3 Å². The van der Waals surface area contributed by atoms with Crippen LogP contribution in [0.5, 0.6) is 5.75 Å².